The molecule has 3 nitrogen and oxygen atoms in total. The number of carbonyl (C=O) groups excluding carboxylic acids is 1. The summed E-state index contributed by atoms with van der Waals surface area (Å²) < 4.78 is 18.4. The number of ether oxygens (including phenoxy) is 1. The average molecular weight is 432 g/mol. The third-order valence-electron chi connectivity index (χ3n) is 6.44. The van der Waals surface area contributed by atoms with Crippen molar-refractivity contribution in [1.82, 2.24) is 4.90 Å². The molecule has 3 aromatic rings. The Morgan fingerprint density at radius 1 is 1.03 bits per heavy atom. The van der Waals surface area contributed by atoms with Crippen molar-refractivity contribution in [2.24, 2.45) is 5.41 Å². The number of halogens is 1. The van der Waals surface area contributed by atoms with Gasteiger partial charge in [-0.05, 0) is 52.8 Å². The average Bonchev–Trinajstić information content (AvgIpc) is 2.79. The first-order chi connectivity index (χ1) is 15.4. The minimum atomic E-state index is -0.216. The Morgan fingerprint density at radius 3 is 2.34 bits per heavy atom. The lowest BCUT2D eigenvalue weighted by Gasteiger charge is -2.48. The molecule has 0 spiro atoms. The molecular formula is C28H30FNO2. The summed E-state index contributed by atoms with van der Waals surface area (Å²) in [5.41, 5.74) is 4.17. The second-order valence-electron chi connectivity index (χ2n) is 9.28. The Hall–Kier alpha value is -2.98. The third kappa shape index (κ3) is 4.91. The molecule has 1 unspecified atom stereocenters. The van der Waals surface area contributed by atoms with Gasteiger partial charge in [0.05, 0.1) is 7.11 Å². The van der Waals surface area contributed by atoms with E-state index in [0.717, 1.165) is 54.1 Å². The molecule has 1 fully saturated rings. The van der Waals surface area contributed by atoms with E-state index < -0.39 is 0 Å². The third-order valence-corrected chi connectivity index (χ3v) is 6.44. The summed E-state index contributed by atoms with van der Waals surface area (Å²) >= 11 is 0. The zero-order valence-corrected chi connectivity index (χ0v) is 19.0. The van der Waals surface area contributed by atoms with Gasteiger partial charge in [0, 0.05) is 31.1 Å². The van der Waals surface area contributed by atoms with Gasteiger partial charge >= 0.3 is 0 Å². The van der Waals surface area contributed by atoms with Crippen LogP contribution in [0.5, 0.6) is 5.75 Å². The van der Waals surface area contributed by atoms with Crippen LogP contribution in [0.25, 0.3) is 0 Å². The summed E-state index contributed by atoms with van der Waals surface area (Å²) in [6.45, 7) is 6.99. The van der Waals surface area contributed by atoms with Crippen LogP contribution in [0.3, 0.4) is 0 Å². The summed E-state index contributed by atoms with van der Waals surface area (Å²) in [6, 6.07) is 22.4. The number of carbonyl (C=O) groups is 1. The molecule has 0 bridgehead atoms. The largest absolute Gasteiger partial charge is 0.497 e. The molecule has 0 aliphatic carbocycles. The molecule has 1 atom stereocenters. The zero-order valence-electron chi connectivity index (χ0n) is 19.0. The quantitative estimate of drug-likeness (QED) is 0.417. The maximum atomic E-state index is 13.4. The van der Waals surface area contributed by atoms with Crippen LogP contribution in [-0.4, -0.2) is 30.9 Å². The molecule has 0 amide bonds. The van der Waals surface area contributed by atoms with Gasteiger partial charge in [0.25, 0.3) is 0 Å². The number of nitrogens with zero attached hydrogens (tertiary/aromatic N) is 1. The fourth-order valence-electron chi connectivity index (χ4n) is 4.76. The van der Waals surface area contributed by atoms with Gasteiger partial charge in [0.2, 0.25) is 0 Å². The maximum Gasteiger partial charge on any atom is 0.170 e. The van der Waals surface area contributed by atoms with Crippen molar-refractivity contribution >= 4 is 5.78 Å². The van der Waals surface area contributed by atoms with Crippen LogP contribution in [-0.2, 0) is 13.0 Å². The highest BCUT2D eigenvalue weighted by atomic mass is 19.1. The summed E-state index contributed by atoms with van der Waals surface area (Å²) in [5, 5.41) is 0. The first-order valence-electron chi connectivity index (χ1n) is 11.1. The number of likely N-dealkylation sites (tertiary alicyclic amines) is 1. The first-order valence-corrected chi connectivity index (χ1v) is 11.1. The number of Topliss-reactive ketones (excluding diaryl/α,β-unsaturated/α-hetero) is 1. The zero-order chi connectivity index (χ0) is 22.7. The molecule has 32 heavy (non-hydrogen) atoms. The van der Waals surface area contributed by atoms with Crippen LogP contribution in [0.2, 0.25) is 0 Å². The van der Waals surface area contributed by atoms with Crippen molar-refractivity contribution in [1.29, 1.82) is 0 Å². The Morgan fingerprint density at radius 2 is 1.69 bits per heavy atom. The SMILES string of the molecule is COc1ccc(C(C)C(=O)c2ccccc2CC2(C)CN(Cc3ccc(F)cc3)C2)cc1. The molecule has 1 aliphatic heterocycles. The van der Waals surface area contributed by atoms with Crippen molar-refractivity contribution < 1.29 is 13.9 Å². The number of hydrogen-bond donors (Lipinski definition) is 0. The van der Waals surface area contributed by atoms with Gasteiger partial charge in [-0.3, -0.25) is 9.69 Å². The van der Waals surface area contributed by atoms with E-state index in [1.165, 1.54) is 12.1 Å². The standard InChI is InChI=1S/C28H30FNO2/c1-20(22-10-14-25(32-3)15-11-22)27(31)26-7-5-4-6-23(26)16-28(2)18-30(19-28)17-21-8-12-24(29)13-9-21/h4-15,20H,16-19H2,1-3H3. The second-order valence-corrected chi connectivity index (χ2v) is 9.28. The van der Waals surface area contributed by atoms with Crippen LogP contribution in [0.1, 0.15) is 46.8 Å². The molecule has 0 N–H and O–H groups in total. The molecule has 0 saturated carbocycles. The molecule has 3 aromatic carbocycles. The lowest BCUT2D eigenvalue weighted by molar-refractivity contribution is 0.00927. The summed E-state index contributed by atoms with van der Waals surface area (Å²) in [7, 11) is 1.64. The van der Waals surface area contributed by atoms with Crippen molar-refractivity contribution in [2.75, 3.05) is 20.2 Å². The van der Waals surface area contributed by atoms with E-state index >= 15 is 0 Å². The Bertz CT molecular complexity index is 1070. The molecule has 1 aliphatic rings. The van der Waals surface area contributed by atoms with E-state index in [9.17, 15) is 9.18 Å². The summed E-state index contributed by atoms with van der Waals surface area (Å²) in [6.07, 6.45) is 0.865. The van der Waals surface area contributed by atoms with E-state index in [4.69, 9.17) is 4.74 Å². The van der Waals surface area contributed by atoms with E-state index in [1.807, 2.05) is 61.5 Å². The maximum absolute atomic E-state index is 13.4. The van der Waals surface area contributed by atoms with Gasteiger partial charge in [-0.2, -0.15) is 0 Å². The molecular weight excluding hydrogens is 401 g/mol. The summed E-state index contributed by atoms with van der Waals surface area (Å²) in [4.78, 5) is 15.7. The Labute approximate surface area is 189 Å². The smallest absolute Gasteiger partial charge is 0.170 e. The highest BCUT2D eigenvalue weighted by Crippen LogP contribution is 2.36. The van der Waals surface area contributed by atoms with Crippen molar-refractivity contribution in [3.63, 3.8) is 0 Å². The predicted molar refractivity (Wildman–Crippen MR) is 126 cm³/mol. The molecule has 0 radical (unpaired) electrons. The molecule has 1 saturated heterocycles. The summed E-state index contributed by atoms with van der Waals surface area (Å²) in [5.74, 6) is 0.521. The van der Waals surface area contributed by atoms with E-state index in [1.54, 1.807) is 7.11 Å². The Kier molecular flexibility index (Phi) is 6.43. The van der Waals surface area contributed by atoms with Crippen LogP contribution in [0.4, 0.5) is 4.39 Å². The van der Waals surface area contributed by atoms with Gasteiger partial charge in [0.15, 0.2) is 5.78 Å². The van der Waals surface area contributed by atoms with Gasteiger partial charge in [-0.1, -0.05) is 62.4 Å². The highest BCUT2D eigenvalue weighted by Gasteiger charge is 2.39. The molecule has 4 rings (SSSR count). The van der Waals surface area contributed by atoms with Crippen molar-refractivity contribution in [3.8, 4) is 5.75 Å². The van der Waals surface area contributed by atoms with Gasteiger partial charge in [-0.15, -0.1) is 0 Å². The van der Waals surface area contributed by atoms with E-state index in [0.29, 0.717) is 0 Å². The monoisotopic (exact) mass is 431 g/mol. The number of hydrogen-bond acceptors (Lipinski definition) is 3. The van der Waals surface area contributed by atoms with E-state index in [-0.39, 0.29) is 22.9 Å². The van der Waals surface area contributed by atoms with E-state index in [2.05, 4.69) is 17.9 Å². The Balaban J connectivity index is 1.43. The van der Waals surface area contributed by atoms with Gasteiger partial charge < -0.3 is 4.74 Å². The van der Waals surface area contributed by atoms with Crippen molar-refractivity contribution in [2.45, 2.75) is 32.7 Å². The highest BCUT2D eigenvalue weighted by molar-refractivity contribution is 6.02. The van der Waals surface area contributed by atoms with Crippen LogP contribution >= 0.6 is 0 Å². The van der Waals surface area contributed by atoms with Crippen LogP contribution in [0.15, 0.2) is 72.8 Å². The normalized spacial score (nSPS) is 16.2. The number of methoxy groups -OCH3 is 1. The predicted octanol–water partition coefficient (Wildman–Crippen LogP) is 5.89. The first kappa shape index (κ1) is 22.2. The van der Waals surface area contributed by atoms with Crippen LogP contribution in [0, 0.1) is 11.2 Å². The number of ketones is 1. The fraction of sp³-hybridized carbons (Fsp3) is 0.321. The second kappa shape index (κ2) is 9.25. The van der Waals surface area contributed by atoms with Gasteiger partial charge in [0.1, 0.15) is 11.6 Å². The molecule has 0 aromatic heterocycles. The molecule has 1 heterocycles. The minimum absolute atomic E-state index is 0.125. The minimum Gasteiger partial charge on any atom is -0.497 e. The van der Waals surface area contributed by atoms with Crippen molar-refractivity contribution in [3.05, 3.63) is 101 Å². The number of benzene rings is 3. The van der Waals surface area contributed by atoms with Gasteiger partial charge in [-0.25, -0.2) is 4.39 Å². The lowest BCUT2D eigenvalue weighted by atomic mass is 9.75. The molecule has 4 heteroatoms. The molecule has 166 valence electrons. The number of rotatable bonds is 8. The van der Waals surface area contributed by atoms with Crippen LogP contribution < -0.4 is 4.74 Å². The topological polar surface area (TPSA) is 29.5 Å². The lowest BCUT2D eigenvalue weighted by Crippen LogP contribution is -2.55. The fourth-order valence-corrected chi connectivity index (χ4v) is 4.76.